The molecular formula is C12H11BrN2O4S. The van der Waals surface area contributed by atoms with Crippen molar-refractivity contribution in [3.63, 3.8) is 0 Å². The van der Waals surface area contributed by atoms with Crippen LogP contribution < -0.4 is 11.2 Å². The van der Waals surface area contributed by atoms with Crippen LogP contribution in [0.4, 0.5) is 0 Å². The van der Waals surface area contributed by atoms with Crippen LogP contribution in [0.3, 0.4) is 0 Å². The number of H-pyrrole nitrogens is 1. The number of aromatic nitrogens is 2. The van der Waals surface area contributed by atoms with Crippen molar-refractivity contribution in [3.8, 4) is 0 Å². The number of rotatable bonds is 2. The molecule has 0 aromatic carbocycles. The fourth-order valence-corrected chi connectivity index (χ4v) is 4.13. The van der Waals surface area contributed by atoms with Gasteiger partial charge in [0.2, 0.25) is 0 Å². The minimum absolute atomic E-state index is 0.324. The highest BCUT2D eigenvalue weighted by molar-refractivity contribution is 9.11. The van der Waals surface area contributed by atoms with Gasteiger partial charge in [-0.1, -0.05) is 0 Å². The zero-order valence-electron chi connectivity index (χ0n) is 10.5. The first kappa shape index (κ1) is 13.6. The number of aryl methyl sites for hydroxylation is 1. The number of carbonyl (C=O) groups is 1. The van der Waals surface area contributed by atoms with Gasteiger partial charge in [0.1, 0.15) is 4.83 Å². The van der Waals surface area contributed by atoms with Gasteiger partial charge in [-0.05, 0) is 41.3 Å². The summed E-state index contributed by atoms with van der Waals surface area (Å²) in [5.41, 5.74) is -0.00349. The summed E-state index contributed by atoms with van der Waals surface area (Å²) in [6, 6.07) is -0.324. The van der Waals surface area contributed by atoms with Crippen LogP contribution in [0.2, 0.25) is 0 Å². The van der Waals surface area contributed by atoms with E-state index in [0.29, 0.717) is 23.1 Å². The third kappa shape index (κ3) is 1.86. The zero-order valence-corrected chi connectivity index (χ0v) is 12.9. The number of hydrogen-bond acceptors (Lipinski definition) is 4. The van der Waals surface area contributed by atoms with Crippen molar-refractivity contribution >= 4 is 43.5 Å². The van der Waals surface area contributed by atoms with E-state index in [1.54, 1.807) is 0 Å². The van der Waals surface area contributed by atoms with E-state index in [2.05, 4.69) is 20.9 Å². The minimum atomic E-state index is -0.874. The van der Waals surface area contributed by atoms with Crippen LogP contribution in [-0.2, 0) is 4.79 Å². The van der Waals surface area contributed by atoms with Crippen LogP contribution in [0.15, 0.2) is 13.4 Å². The number of carboxylic acids is 1. The van der Waals surface area contributed by atoms with Crippen LogP contribution in [-0.4, -0.2) is 20.6 Å². The second kappa shape index (κ2) is 4.56. The first-order valence-corrected chi connectivity index (χ1v) is 7.67. The molecule has 1 aliphatic rings. The summed E-state index contributed by atoms with van der Waals surface area (Å²) < 4.78 is 1.98. The first-order chi connectivity index (χ1) is 9.40. The van der Waals surface area contributed by atoms with Gasteiger partial charge >= 0.3 is 11.7 Å². The molecule has 0 amide bonds. The van der Waals surface area contributed by atoms with Gasteiger partial charge in [-0.15, -0.1) is 11.3 Å². The number of aliphatic carboxylic acids is 1. The van der Waals surface area contributed by atoms with Crippen molar-refractivity contribution in [2.75, 3.05) is 0 Å². The van der Waals surface area contributed by atoms with Gasteiger partial charge in [0, 0.05) is 6.04 Å². The van der Waals surface area contributed by atoms with Gasteiger partial charge in [0.15, 0.2) is 0 Å². The fourth-order valence-electron chi connectivity index (χ4n) is 2.53. The van der Waals surface area contributed by atoms with Crippen molar-refractivity contribution in [1.29, 1.82) is 0 Å². The summed E-state index contributed by atoms with van der Waals surface area (Å²) in [6.45, 7) is 1.81. The molecule has 0 radical (unpaired) electrons. The number of carboxylic acid groups (broad SMARTS) is 1. The highest BCUT2D eigenvalue weighted by Gasteiger charge is 2.37. The number of fused-ring (bicyclic) bond motifs is 1. The molecule has 2 N–H and O–H groups in total. The lowest BCUT2D eigenvalue weighted by Gasteiger charge is -2.32. The average molecular weight is 359 g/mol. The Bertz CT molecular complexity index is 828. The topological polar surface area (TPSA) is 92.2 Å². The molecule has 1 fully saturated rings. The average Bonchev–Trinajstić information content (AvgIpc) is 2.56. The Hall–Kier alpha value is -1.41. The lowest BCUT2D eigenvalue weighted by Crippen LogP contribution is -2.44. The molecule has 8 heteroatoms. The van der Waals surface area contributed by atoms with Crippen molar-refractivity contribution < 1.29 is 9.90 Å². The molecule has 2 heterocycles. The maximum absolute atomic E-state index is 12.5. The van der Waals surface area contributed by atoms with Crippen LogP contribution in [0.5, 0.6) is 0 Å². The highest BCUT2D eigenvalue weighted by atomic mass is 79.9. The van der Waals surface area contributed by atoms with Crippen molar-refractivity contribution in [2.45, 2.75) is 25.8 Å². The standard InChI is InChI=1S/C12H11BrN2O4S/c1-4-7-9(20-8(4)13)14-12(19)15(10(7)16)6-2-5(3-6)11(17)18/h5-6H,2-3H2,1H3,(H,14,19)(H,17,18). The first-order valence-electron chi connectivity index (χ1n) is 6.06. The number of hydrogen-bond donors (Lipinski definition) is 2. The molecule has 0 unspecified atom stereocenters. The van der Waals surface area contributed by atoms with Crippen LogP contribution in [0, 0.1) is 12.8 Å². The Morgan fingerprint density at radius 3 is 2.70 bits per heavy atom. The number of halogens is 1. The Morgan fingerprint density at radius 2 is 2.10 bits per heavy atom. The van der Waals surface area contributed by atoms with E-state index in [9.17, 15) is 14.4 Å². The van der Waals surface area contributed by atoms with Gasteiger partial charge in [-0.3, -0.25) is 19.1 Å². The lowest BCUT2D eigenvalue weighted by atomic mass is 9.80. The number of nitrogens with one attached hydrogen (secondary N) is 1. The molecule has 6 nitrogen and oxygen atoms in total. The van der Waals surface area contributed by atoms with E-state index in [4.69, 9.17) is 5.11 Å². The lowest BCUT2D eigenvalue weighted by molar-refractivity contribution is -0.146. The number of nitrogens with zero attached hydrogens (tertiary/aromatic N) is 1. The summed E-state index contributed by atoms with van der Waals surface area (Å²) >= 11 is 4.67. The Kier molecular flexibility index (Phi) is 3.09. The largest absolute Gasteiger partial charge is 0.481 e. The van der Waals surface area contributed by atoms with Gasteiger partial charge in [-0.2, -0.15) is 0 Å². The quantitative estimate of drug-likeness (QED) is 0.856. The Balaban J connectivity index is 2.13. The molecule has 106 valence electrons. The van der Waals surface area contributed by atoms with Crippen molar-refractivity contribution in [2.24, 2.45) is 5.92 Å². The second-order valence-electron chi connectivity index (χ2n) is 4.97. The summed E-state index contributed by atoms with van der Waals surface area (Å²) in [6.07, 6.45) is 0.655. The van der Waals surface area contributed by atoms with Crippen molar-refractivity contribution in [1.82, 2.24) is 9.55 Å². The third-order valence-electron chi connectivity index (χ3n) is 3.79. The Morgan fingerprint density at radius 1 is 1.45 bits per heavy atom. The normalized spacial score (nSPS) is 21.9. The van der Waals surface area contributed by atoms with Gasteiger partial charge < -0.3 is 5.11 Å². The zero-order chi connectivity index (χ0) is 14.6. The fraction of sp³-hybridized carbons (Fsp3) is 0.417. The van der Waals surface area contributed by atoms with Crippen molar-refractivity contribution in [3.05, 3.63) is 30.2 Å². The molecule has 2 aromatic heterocycles. The van der Waals surface area contributed by atoms with E-state index in [-0.39, 0.29) is 11.6 Å². The molecule has 3 rings (SSSR count). The summed E-state index contributed by atoms with van der Waals surface area (Å²) in [5, 5.41) is 9.38. The molecule has 0 spiro atoms. The highest BCUT2D eigenvalue weighted by Crippen LogP contribution is 2.37. The second-order valence-corrected chi connectivity index (χ2v) is 7.31. The summed E-state index contributed by atoms with van der Waals surface area (Å²) in [7, 11) is 0. The smallest absolute Gasteiger partial charge is 0.329 e. The molecule has 0 aliphatic heterocycles. The molecule has 0 atom stereocenters. The SMILES string of the molecule is Cc1c(Br)sc2[nH]c(=O)n(C3CC(C(=O)O)C3)c(=O)c12. The molecule has 2 aromatic rings. The van der Waals surface area contributed by atoms with E-state index >= 15 is 0 Å². The van der Waals surface area contributed by atoms with Crippen LogP contribution in [0.1, 0.15) is 24.4 Å². The molecule has 1 aliphatic carbocycles. The Labute approximate surface area is 125 Å². The summed E-state index contributed by atoms with van der Waals surface area (Å²) in [5.74, 6) is -1.33. The van der Waals surface area contributed by atoms with E-state index in [1.165, 1.54) is 11.3 Å². The number of aromatic amines is 1. The van der Waals surface area contributed by atoms with Gasteiger partial charge in [0.05, 0.1) is 15.1 Å². The van der Waals surface area contributed by atoms with Crippen LogP contribution >= 0.6 is 27.3 Å². The summed E-state index contributed by atoms with van der Waals surface area (Å²) in [4.78, 5) is 38.6. The van der Waals surface area contributed by atoms with E-state index in [0.717, 1.165) is 13.9 Å². The molecule has 20 heavy (non-hydrogen) atoms. The maximum atomic E-state index is 12.5. The van der Waals surface area contributed by atoms with E-state index < -0.39 is 17.6 Å². The maximum Gasteiger partial charge on any atom is 0.329 e. The minimum Gasteiger partial charge on any atom is -0.481 e. The molecule has 1 saturated carbocycles. The molecular weight excluding hydrogens is 348 g/mol. The third-order valence-corrected chi connectivity index (χ3v) is 5.86. The predicted molar refractivity (Wildman–Crippen MR) is 78.5 cm³/mol. The number of thiophene rings is 1. The molecule has 0 bridgehead atoms. The monoisotopic (exact) mass is 358 g/mol. The van der Waals surface area contributed by atoms with Crippen LogP contribution in [0.25, 0.3) is 10.2 Å². The molecule has 0 saturated heterocycles. The predicted octanol–water partition coefficient (Wildman–Crippen LogP) is 1.86. The van der Waals surface area contributed by atoms with Gasteiger partial charge in [-0.25, -0.2) is 4.79 Å². The van der Waals surface area contributed by atoms with E-state index in [1.807, 2.05) is 6.92 Å². The van der Waals surface area contributed by atoms with Gasteiger partial charge in [0.25, 0.3) is 5.56 Å².